The quantitative estimate of drug-likeness (QED) is 0.661. The molecule has 0 radical (unpaired) electrons. The monoisotopic (exact) mass is 307 g/mol. The van der Waals surface area contributed by atoms with Gasteiger partial charge in [-0.05, 0) is 37.7 Å². The van der Waals surface area contributed by atoms with Gasteiger partial charge in [-0.15, -0.1) is 0 Å². The molecule has 1 aromatic carbocycles. The van der Waals surface area contributed by atoms with Gasteiger partial charge < -0.3 is 20.3 Å². The molecule has 6 heteroatoms. The van der Waals surface area contributed by atoms with E-state index in [0.717, 1.165) is 18.5 Å². The van der Waals surface area contributed by atoms with Crippen molar-refractivity contribution in [2.75, 3.05) is 34.3 Å². The molecule has 0 saturated heterocycles. The summed E-state index contributed by atoms with van der Waals surface area (Å²) in [6.07, 6.45) is 1.33. The van der Waals surface area contributed by atoms with E-state index in [2.05, 4.69) is 10.6 Å². The molecule has 6 nitrogen and oxygen atoms in total. The van der Waals surface area contributed by atoms with Gasteiger partial charge in [0.25, 0.3) is 5.91 Å². The molecule has 0 aliphatic heterocycles. The van der Waals surface area contributed by atoms with Gasteiger partial charge in [-0.1, -0.05) is 12.1 Å². The Labute approximate surface area is 131 Å². The van der Waals surface area contributed by atoms with Crippen LogP contribution in [0.4, 0.5) is 0 Å². The highest BCUT2D eigenvalue weighted by Gasteiger charge is 2.06. The number of benzene rings is 1. The van der Waals surface area contributed by atoms with Crippen molar-refractivity contribution < 1.29 is 14.3 Å². The summed E-state index contributed by atoms with van der Waals surface area (Å²) in [5, 5.41) is 5.88. The molecule has 0 heterocycles. The molecule has 0 aliphatic rings. The minimum atomic E-state index is -0.0942. The van der Waals surface area contributed by atoms with Crippen molar-refractivity contribution >= 4 is 11.8 Å². The third kappa shape index (κ3) is 7.08. The summed E-state index contributed by atoms with van der Waals surface area (Å²) in [5.41, 5.74) is 0.941. The Morgan fingerprint density at radius 3 is 2.73 bits per heavy atom. The molecule has 0 aromatic heterocycles. The summed E-state index contributed by atoms with van der Waals surface area (Å²) in [6, 6.07) is 7.38. The van der Waals surface area contributed by atoms with Crippen molar-refractivity contribution in [3.8, 4) is 5.75 Å². The zero-order chi connectivity index (χ0) is 16.4. The molecule has 0 spiro atoms. The Morgan fingerprint density at radius 1 is 1.27 bits per heavy atom. The van der Waals surface area contributed by atoms with E-state index in [1.165, 1.54) is 4.90 Å². The molecular formula is C16H25N3O3. The van der Waals surface area contributed by atoms with Crippen molar-refractivity contribution in [1.82, 2.24) is 15.5 Å². The first-order valence-electron chi connectivity index (χ1n) is 7.36. The van der Waals surface area contributed by atoms with Crippen molar-refractivity contribution in [3.63, 3.8) is 0 Å². The lowest BCUT2D eigenvalue weighted by Crippen LogP contribution is -2.27. The van der Waals surface area contributed by atoms with E-state index in [0.29, 0.717) is 18.7 Å². The topological polar surface area (TPSA) is 70.7 Å². The lowest BCUT2D eigenvalue weighted by atomic mass is 10.2. The van der Waals surface area contributed by atoms with Gasteiger partial charge in [-0.2, -0.15) is 0 Å². The number of nitrogens with zero attached hydrogens (tertiary/aromatic N) is 1. The van der Waals surface area contributed by atoms with Crippen LogP contribution in [0.25, 0.3) is 0 Å². The van der Waals surface area contributed by atoms with Gasteiger partial charge >= 0.3 is 0 Å². The van der Waals surface area contributed by atoms with E-state index in [1.54, 1.807) is 20.2 Å². The number of rotatable bonds is 9. The van der Waals surface area contributed by atoms with Crippen molar-refractivity contribution in [1.29, 1.82) is 0 Å². The van der Waals surface area contributed by atoms with Gasteiger partial charge in [0.05, 0.1) is 0 Å². The Morgan fingerprint density at radius 2 is 2.05 bits per heavy atom. The van der Waals surface area contributed by atoms with Crippen LogP contribution in [-0.4, -0.2) is 51.0 Å². The normalized spacial score (nSPS) is 10.1. The van der Waals surface area contributed by atoms with Crippen LogP contribution in [0, 0.1) is 0 Å². The van der Waals surface area contributed by atoms with Crippen LogP contribution < -0.4 is 15.4 Å². The first-order valence-corrected chi connectivity index (χ1v) is 7.36. The molecule has 0 atom stereocenters. The Kier molecular flexibility index (Phi) is 7.99. The SMILES string of the molecule is CNCCCC(=O)NCc1cccc(OCC(=O)N(C)C)c1. The maximum Gasteiger partial charge on any atom is 0.259 e. The largest absolute Gasteiger partial charge is 0.484 e. The average Bonchev–Trinajstić information content (AvgIpc) is 2.51. The molecule has 2 N–H and O–H groups in total. The van der Waals surface area contributed by atoms with Crippen LogP contribution in [0.15, 0.2) is 24.3 Å². The third-order valence-electron chi connectivity index (χ3n) is 3.08. The fourth-order valence-electron chi connectivity index (χ4n) is 1.73. The minimum absolute atomic E-state index is 0.00678. The van der Waals surface area contributed by atoms with Gasteiger partial charge in [-0.3, -0.25) is 9.59 Å². The second-order valence-electron chi connectivity index (χ2n) is 5.21. The summed E-state index contributed by atoms with van der Waals surface area (Å²) in [7, 11) is 5.24. The van der Waals surface area contributed by atoms with Gasteiger partial charge in [0, 0.05) is 27.1 Å². The van der Waals surface area contributed by atoms with E-state index >= 15 is 0 Å². The second-order valence-corrected chi connectivity index (χ2v) is 5.21. The predicted octanol–water partition coefficient (Wildman–Crippen LogP) is 0.769. The van der Waals surface area contributed by atoms with Crippen molar-refractivity contribution in [3.05, 3.63) is 29.8 Å². The number of hydrogen-bond acceptors (Lipinski definition) is 4. The number of likely N-dealkylation sites (N-methyl/N-ethyl adjacent to an activating group) is 1. The summed E-state index contributed by atoms with van der Waals surface area (Å²) < 4.78 is 5.44. The van der Waals surface area contributed by atoms with Gasteiger partial charge in [0.2, 0.25) is 5.91 Å². The van der Waals surface area contributed by atoms with E-state index in [9.17, 15) is 9.59 Å². The van der Waals surface area contributed by atoms with Crippen molar-refractivity contribution in [2.24, 2.45) is 0 Å². The lowest BCUT2D eigenvalue weighted by Gasteiger charge is -2.12. The number of ether oxygens (including phenoxy) is 1. The fourth-order valence-corrected chi connectivity index (χ4v) is 1.73. The number of hydrogen-bond donors (Lipinski definition) is 2. The molecule has 1 aromatic rings. The van der Waals surface area contributed by atoms with Crippen LogP contribution in [0.5, 0.6) is 5.75 Å². The Balaban J connectivity index is 2.40. The van der Waals surface area contributed by atoms with Gasteiger partial charge in [0.15, 0.2) is 6.61 Å². The molecule has 0 aliphatic carbocycles. The molecular weight excluding hydrogens is 282 g/mol. The van der Waals surface area contributed by atoms with Crippen molar-refractivity contribution in [2.45, 2.75) is 19.4 Å². The molecule has 0 unspecified atom stereocenters. The standard InChI is InChI=1S/C16H25N3O3/c1-17-9-5-8-15(20)18-11-13-6-4-7-14(10-13)22-12-16(21)19(2)3/h4,6-7,10,17H,5,8-9,11-12H2,1-3H3,(H,18,20). The molecule has 22 heavy (non-hydrogen) atoms. The number of carbonyl (C=O) groups excluding carboxylic acids is 2. The van der Waals surface area contributed by atoms with E-state index in [4.69, 9.17) is 4.74 Å². The van der Waals surface area contributed by atoms with E-state index in [1.807, 2.05) is 25.2 Å². The highest BCUT2D eigenvalue weighted by Crippen LogP contribution is 2.13. The van der Waals surface area contributed by atoms with E-state index in [-0.39, 0.29) is 18.4 Å². The molecule has 1 rings (SSSR count). The summed E-state index contributed by atoms with van der Waals surface area (Å²) in [4.78, 5) is 24.6. The second kappa shape index (κ2) is 9.78. The number of carbonyl (C=O) groups is 2. The first-order chi connectivity index (χ1) is 10.5. The highest BCUT2D eigenvalue weighted by atomic mass is 16.5. The zero-order valence-corrected chi connectivity index (χ0v) is 13.5. The number of nitrogens with one attached hydrogen (secondary N) is 2. The zero-order valence-electron chi connectivity index (χ0n) is 13.5. The smallest absolute Gasteiger partial charge is 0.259 e. The highest BCUT2D eigenvalue weighted by molar-refractivity contribution is 5.77. The third-order valence-corrected chi connectivity index (χ3v) is 3.08. The van der Waals surface area contributed by atoms with Crippen LogP contribution in [-0.2, 0) is 16.1 Å². The van der Waals surface area contributed by atoms with E-state index < -0.39 is 0 Å². The van der Waals surface area contributed by atoms with Crippen LogP contribution in [0.3, 0.4) is 0 Å². The lowest BCUT2D eigenvalue weighted by molar-refractivity contribution is -0.130. The van der Waals surface area contributed by atoms with Gasteiger partial charge in [0.1, 0.15) is 5.75 Å². The Hall–Kier alpha value is -2.08. The fraction of sp³-hybridized carbons (Fsp3) is 0.500. The molecule has 0 fully saturated rings. The average molecular weight is 307 g/mol. The van der Waals surface area contributed by atoms with Crippen LogP contribution in [0.2, 0.25) is 0 Å². The van der Waals surface area contributed by atoms with Crippen LogP contribution in [0.1, 0.15) is 18.4 Å². The molecule has 0 bridgehead atoms. The van der Waals surface area contributed by atoms with Crippen LogP contribution >= 0.6 is 0 Å². The molecule has 0 saturated carbocycles. The molecule has 2 amide bonds. The maximum atomic E-state index is 11.6. The summed E-state index contributed by atoms with van der Waals surface area (Å²) >= 11 is 0. The maximum absolute atomic E-state index is 11.6. The molecule has 122 valence electrons. The first kappa shape index (κ1) is 18.0. The number of amides is 2. The predicted molar refractivity (Wildman–Crippen MR) is 85.6 cm³/mol. The summed E-state index contributed by atoms with van der Waals surface area (Å²) in [6.45, 7) is 1.29. The minimum Gasteiger partial charge on any atom is -0.484 e. The van der Waals surface area contributed by atoms with Gasteiger partial charge in [-0.25, -0.2) is 0 Å². The Bertz CT molecular complexity index is 489. The summed E-state index contributed by atoms with van der Waals surface area (Å²) in [5.74, 6) is 0.560.